The number of thioether (sulfide) groups is 1. The molecule has 66 valence electrons. The fraction of sp³-hybridized carbons (Fsp3) is 1.00. The second kappa shape index (κ2) is 5.01. The van der Waals surface area contributed by atoms with E-state index in [9.17, 15) is 0 Å². The molecule has 0 aliphatic heterocycles. The zero-order valence-corrected chi connectivity index (χ0v) is 7.99. The van der Waals surface area contributed by atoms with Crippen LogP contribution in [0.4, 0.5) is 0 Å². The zero-order chi connectivity index (χ0) is 8.10. The maximum absolute atomic E-state index is 5.43. The predicted octanol–water partition coefficient (Wildman–Crippen LogP) is 1.37. The molecule has 0 radical (unpaired) electrons. The molecule has 0 heterocycles. The molecule has 0 aromatic carbocycles. The maximum atomic E-state index is 5.43. The van der Waals surface area contributed by atoms with E-state index in [1.54, 1.807) is 0 Å². The third-order valence-electron chi connectivity index (χ3n) is 2.22. The van der Waals surface area contributed by atoms with Crippen LogP contribution in [0.2, 0.25) is 0 Å². The highest BCUT2D eigenvalue weighted by Crippen LogP contribution is 2.33. The molecular formula is C8H18N2S. The molecule has 1 saturated carbocycles. The smallest absolute Gasteiger partial charge is 0.0221 e. The van der Waals surface area contributed by atoms with Crippen molar-refractivity contribution in [3.8, 4) is 0 Å². The van der Waals surface area contributed by atoms with Gasteiger partial charge in [0.1, 0.15) is 0 Å². The van der Waals surface area contributed by atoms with Crippen molar-refractivity contribution in [1.29, 1.82) is 0 Å². The normalized spacial score (nSPS) is 20.2. The largest absolute Gasteiger partial charge is 0.271 e. The molecule has 2 nitrogen and oxygen atoms in total. The Morgan fingerprint density at radius 1 is 1.64 bits per heavy atom. The molecule has 1 aliphatic carbocycles. The summed E-state index contributed by atoms with van der Waals surface area (Å²) in [6, 6.07) is 0.565. The van der Waals surface area contributed by atoms with Crippen LogP contribution in [0.1, 0.15) is 25.7 Å². The van der Waals surface area contributed by atoms with E-state index < -0.39 is 0 Å². The highest BCUT2D eigenvalue weighted by atomic mass is 32.2. The lowest BCUT2D eigenvalue weighted by molar-refractivity contribution is 0.459. The van der Waals surface area contributed by atoms with Crippen molar-refractivity contribution in [2.45, 2.75) is 31.7 Å². The quantitative estimate of drug-likeness (QED) is 0.472. The van der Waals surface area contributed by atoms with Crippen LogP contribution in [-0.2, 0) is 0 Å². The molecular weight excluding hydrogens is 156 g/mol. The van der Waals surface area contributed by atoms with E-state index in [1.807, 2.05) is 11.8 Å². The van der Waals surface area contributed by atoms with Gasteiger partial charge >= 0.3 is 0 Å². The fourth-order valence-corrected chi connectivity index (χ4v) is 1.81. The van der Waals surface area contributed by atoms with E-state index in [1.165, 1.54) is 31.4 Å². The minimum absolute atomic E-state index is 0.565. The molecule has 3 heteroatoms. The van der Waals surface area contributed by atoms with Gasteiger partial charge in [-0.05, 0) is 30.8 Å². The Hall–Kier alpha value is 0.270. The van der Waals surface area contributed by atoms with Gasteiger partial charge in [0.25, 0.3) is 0 Å². The van der Waals surface area contributed by atoms with E-state index in [-0.39, 0.29) is 0 Å². The van der Waals surface area contributed by atoms with Gasteiger partial charge < -0.3 is 0 Å². The van der Waals surface area contributed by atoms with Crippen LogP contribution in [0, 0.1) is 5.92 Å². The first-order valence-electron chi connectivity index (χ1n) is 4.32. The maximum Gasteiger partial charge on any atom is 0.0221 e. The van der Waals surface area contributed by atoms with Gasteiger partial charge in [0.2, 0.25) is 0 Å². The van der Waals surface area contributed by atoms with E-state index in [4.69, 9.17) is 5.84 Å². The van der Waals surface area contributed by atoms with Crippen molar-refractivity contribution >= 4 is 11.8 Å². The Bertz CT molecular complexity index is 104. The highest BCUT2D eigenvalue weighted by molar-refractivity contribution is 7.98. The Balaban J connectivity index is 2.02. The highest BCUT2D eigenvalue weighted by Gasteiger charge is 2.24. The number of rotatable bonds is 6. The van der Waals surface area contributed by atoms with Crippen molar-refractivity contribution in [3.63, 3.8) is 0 Å². The minimum atomic E-state index is 0.565. The molecule has 1 unspecified atom stereocenters. The van der Waals surface area contributed by atoms with Gasteiger partial charge in [0, 0.05) is 6.04 Å². The van der Waals surface area contributed by atoms with Crippen molar-refractivity contribution in [2.24, 2.45) is 11.8 Å². The average Bonchev–Trinajstić information content (AvgIpc) is 2.81. The van der Waals surface area contributed by atoms with E-state index in [2.05, 4.69) is 11.7 Å². The van der Waals surface area contributed by atoms with Crippen LogP contribution in [0.3, 0.4) is 0 Å². The van der Waals surface area contributed by atoms with Crippen molar-refractivity contribution in [2.75, 3.05) is 12.0 Å². The summed E-state index contributed by atoms with van der Waals surface area (Å²) >= 11 is 1.90. The van der Waals surface area contributed by atoms with E-state index in [0.717, 1.165) is 5.92 Å². The van der Waals surface area contributed by atoms with Crippen LogP contribution >= 0.6 is 11.8 Å². The molecule has 1 aliphatic rings. The number of nitrogens with two attached hydrogens (primary N) is 1. The lowest BCUT2D eigenvalue weighted by Gasteiger charge is -2.13. The first-order valence-corrected chi connectivity index (χ1v) is 5.71. The topological polar surface area (TPSA) is 38.0 Å². The second-order valence-electron chi connectivity index (χ2n) is 3.32. The lowest BCUT2D eigenvalue weighted by Crippen LogP contribution is -2.35. The van der Waals surface area contributed by atoms with Crippen molar-refractivity contribution in [1.82, 2.24) is 5.43 Å². The summed E-state index contributed by atoms with van der Waals surface area (Å²) in [6.07, 6.45) is 7.50. The standard InChI is InChI=1S/C8H18N2S/c1-11-5-4-8(10-9)6-7-2-3-7/h7-8,10H,2-6,9H2,1H3. The molecule has 0 amide bonds. The molecule has 1 atom stereocenters. The zero-order valence-electron chi connectivity index (χ0n) is 7.18. The Morgan fingerprint density at radius 2 is 2.36 bits per heavy atom. The van der Waals surface area contributed by atoms with Crippen LogP contribution in [0.25, 0.3) is 0 Å². The van der Waals surface area contributed by atoms with Gasteiger partial charge in [-0.15, -0.1) is 0 Å². The monoisotopic (exact) mass is 174 g/mol. The SMILES string of the molecule is CSCCC(CC1CC1)NN. The predicted molar refractivity (Wildman–Crippen MR) is 51.5 cm³/mol. The first kappa shape index (κ1) is 9.36. The first-order chi connectivity index (χ1) is 5.36. The van der Waals surface area contributed by atoms with Gasteiger partial charge in [-0.2, -0.15) is 11.8 Å². The van der Waals surface area contributed by atoms with Gasteiger partial charge in [-0.25, -0.2) is 0 Å². The van der Waals surface area contributed by atoms with Crippen molar-refractivity contribution < 1.29 is 0 Å². The Morgan fingerprint density at radius 3 is 2.82 bits per heavy atom. The molecule has 0 saturated heterocycles. The van der Waals surface area contributed by atoms with E-state index in [0.29, 0.717) is 6.04 Å². The van der Waals surface area contributed by atoms with Gasteiger partial charge in [-0.1, -0.05) is 12.8 Å². The number of hydrogen-bond donors (Lipinski definition) is 2. The number of hydrogen-bond acceptors (Lipinski definition) is 3. The van der Waals surface area contributed by atoms with E-state index >= 15 is 0 Å². The van der Waals surface area contributed by atoms with Gasteiger partial charge in [0.15, 0.2) is 0 Å². The Labute approximate surface area is 73.3 Å². The fourth-order valence-electron chi connectivity index (χ4n) is 1.29. The molecule has 0 aromatic heterocycles. The molecule has 11 heavy (non-hydrogen) atoms. The van der Waals surface area contributed by atoms with Crippen LogP contribution in [-0.4, -0.2) is 18.1 Å². The third kappa shape index (κ3) is 3.99. The number of nitrogens with one attached hydrogen (secondary N) is 1. The summed E-state index contributed by atoms with van der Waals surface area (Å²) in [6.45, 7) is 0. The molecule has 3 N–H and O–H groups in total. The van der Waals surface area contributed by atoms with Gasteiger partial charge in [-0.3, -0.25) is 11.3 Å². The summed E-state index contributed by atoms with van der Waals surface area (Å²) in [4.78, 5) is 0. The lowest BCUT2D eigenvalue weighted by atomic mass is 10.1. The molecule has 1 rings (SSSR count). The van der Waals surface area contributed by atoms with Crippen LogP contribution < -0.4 is 11.3 Å². The summed E-state index contributed by atoms with van der Waals surface area (Å²) in [5, 5.41) is 0. The summed E-state index contributed by atoms with van der Waals surface area (Å²) in [7, 11) is 0. The Kier molecular flexibility index (Phi) is 4.26. The molecule has 0 aromatic rings. The second-order valence-corrected chi connectivity index (χ2v) is 4.31. The van der Waals surface area contributed by atoms with Crippen molar-refractivity contribution in [3.05, 3.63) is 0 Å². The molecule has 0 bridgehead atoms. The van der Waals surface area contributed by atoms with Crippen LogP contribution in [0.15, 0.2) is 0 Å². The molecule has 0 spiro atoms. The summed E-state index contributed by atoms with van der Waals surface area (Å²) in [5.74, 6) is 7.64. The van der Waals surface area contributed by atoms with Gasteiger partial charge in [0.05, 0.1) is 0 Å². The molecule has 1 fully saturated rings. The minimum Gasteiger partial charge on any atom is -0.271 e. The summed E-state index contributed by atoms with van der Waals surface area (Å²) < 4.78 is 0. The average molecular weight is 174 g/mol. The van der Waals surface area contributed by atoms with Crippen LogP contribution in [0.5, 0.6) is 0 Å². The number of hydrazine groups is 1. The third-order valence-corrected chi connectivity index (χ3v) is 2.86. The summed E-state index contributed by atoms with van der Waals surface area (Å²) in [5.41, 5.74) is 2.89.